The first kappa shape index (κ1) is 12.6. The lowest BCUT2D eigenvalue weighted by Crippen LogP contribution is -1.86. The van der Waals surface area contributed by atoms with Gasteiger partial charge in [0.15, 0.2) is 0 Å². The van der Waals surface area contributed by atoms with E-state index in [0.717, 1.165) is 27.4 Å². The molecule has 0 saturated heterocycles. The number of hydrogen-bond donors (Lipinski definition) is 0. The summed E-state index contributed by atoms with van der Waals surface area (Å²) in [4.78, 5) is 4.58. The van der Waals surface area contributed by atoms with Crippen molar-refractivity contribution in [3.05, 3.63) is 78.5 Å². The Kier molecular flexibility index (Phi) is 2.84. The minimum atomic E-state index is 0.673. The third-order valence-electron chi connectivity index (χ3n) is 3.94. The lowest BCUT2D eigenvalue weighted by atomic mass is 9.95. The monoisotopic (exact) mass is 280 g/mol. The minimum absolute atomic E-state index is 0.673. The second kappa shape index (κ2) is 4.98. The Bertz CT molecular complexity index is 1020. The van der Waals surface area contributed by atoms with Gasteiger partial charge in [0.1, 0.15) is 0 Å². The molecule has 1 aromatic heterocycles. The number of rotatable bonds is 1. The molecule has 1 heterocycles. The Morgan fingerprint density at radius 2 is 1.55 bits per heavy atom. The van der Waals surface area contributed by atoms with Crippen molar-refractivity contribution >= 4 is 21.7 Å². The molecule has 0 fully saturated rings. The van der Waals surface area contributed by atoms with Gasteiger partial charge >= 0.3 is 0 Å². The molecule has 0 amide bonds. The maximum Gasteiger partial charge on any atom is 0.0991 e. The van der Waals surface area contributed by atoms with Crippen molar-refractivity contribution < 1.29 is 0 Å². The number of benzene rings is 3. The largest absolute Gasteiger partial charge is 0.256 e. The molecular weight excluding hydrogens is 268 g/mol. The van der Waals surface area contributed by atoms with Crippen LogP contribution in [0.3, 0.4) is 0 Å². The van der Waals surface area contributed by atoms with Gasteiger partial charge in [0, 0.05) is 17.0 Å². The van der Waals surface area contributed by atoms with Gasteiger partial charge in [-0.3, -0.25) is 4.98 Å². The highest BCUT2D eigenvalue weighted by Crippen LogP contribution is 2.33. The average molecular weight is 280 g/mol. The Balaban J connectivity index is 2.08. The Hall–Kier alpha value is -3.18. The van der Waals surface area contributed by atoms with Crippen LogP contribution in [0.15, 0.2) is 72.9 Å². The van der Waals surface area contributed by atoms with Crippen molar-refractivity contribution in [3.63, 3.8) is 0 Å². The van der Waals surface area contributed by atoms with Gasteiger partial charge in [-0.2, -0.15) is 5.26 Å². The van der Waals surface area contributed by atoms with E-state index in [9.17, 15) is 0 Å². The highest BCUT2D eigenvalue weighted by molar-refractivity contribution is 6.12. The number of fused-ring (bicyclic) bond motifs is 3. The van der Waals surface area contributed by atoms with Crippen LogP contribution in [0.4, 0.5) is 0 Å². The van der Waals surface area contributed by atoms with E-state index in [0.29, 0.717) is 5.56 Å². The molecule has 2 nitrogen and oxygen atoms in total. The van der Waals surface area contributed by atoms with Crippen LogP contribution in [-0.4, -0.2) is 4.98 Å². The highest BCUT2D eigenvalue weighted by atomic mass is 14.6. The van der Waals surface area contributed by atoms with Crippen molar-refractivity contribution in [2.75, 3.05) is 0 Å². The van der Waals surface area contributed by atoms with Crippen LogP contribution >= 0.6 is 0 Å². The van der Waals surface area contributed by atoms with Crippen LogP contribution in [0.2, 0.25) is 0 Å². The molecule has 0 aliphatic carbocycles. The molecule has 2 heteroatoms. The van der Waals surface area contributed by atoms with E-state index in [2.05, 4.69) is 47.5 Å². The predicted octanol–water partition coefficient (Wildman–Crippen LogP) is 4.93. The molecule has 0 unspecified atom stereocenters. The molecule has 0 aliphatic rings. The first-order chi connectivity index (χ1) is 10.9. The fraction of sp³-hybridized carbons (Fsp3) is 0. The first-order valence-corrected chi connectivity index (χ1v) is 7.14. The van der Waals surface area contributed by atoms with E-state index in [1.165, 1.54) is 5.39 Å². The standard InChI is InChI=1S/C20H12N2/c21-13-14-6-8-15(9-7-14)18-5-1-3-16-10-11-17-4-2-12-22-20(17)19(16)18/h1-12H. The number of hydrogen-bond acceptors (Lipinski definition) is 2. The van der Waals surface area contributed by atoms with Gasteiger partial charge in [0.2, 0.25) is 0 Å². The van der Waals surface area contributed by atoms with E-state index in [-0.39, 0.29) is 0 Å². The van der Waals surface area contributed by atoms with E-state index in [1.807, 2.05) is 36.5 Å². The van der Waals surface area contributed by atoms with Gasteiger partial charge in [0.05, 0.1) is 17.1 Å². The Morgan fingerprint density at radius 3 is 2.36 bits per heavy atom. The lowest BCUT2D eigenvalue weighted by molar-refractivity contribution is 1.43. The summed E-state index contributed by atoms with van der Waals surface area (Å²) in [5, 5.41) is 12.4. The normalized spacial score (nSPS) is 10.7. The SMILES string of the molecule is N#Cc1ccc(-c2cccc3ccc4cccnc4c23)cc1. The third-order valence-corrected chi connectivity index (χ3v) is 3.94. The zero-order valence-electron chi connectivity index (χ0n) is 11.8. The zero-order chi connectivity index (χ0) is 14.9. The van der Waals surface area contributed by atoms with E-state index in [4.69, 9.17) is 5.26 Å². The Labute approximate surface area is 128 Å². The first-order valence-electron chi connectivity index (χ1n) is 7.14. The molecule has 0 aliphatic heterocycles. The molecule has 102 valence electrons. The zero-order valence-corrected chi connectivity index (χ0v) is 11.8. The smallest absolute Gasteiger partial charge is 0.0991 e. The lowest BCUT2D eigenvalue weighted by Gasteiger charge is -2.09. The maximum absolute atomic E-state index is 8.95. The summed E-state index contributed by atoms with van der Waals surface area (Å²) in [6, 6.07) is 24.4. The molecule has 0 N–H and O–H groups in total. The molecular formula is C20H12N2. The minimum Gasteiger partial charge on any atom is -0.256 e. The Morgan fingerprint density at radius 1 is 0.773 bits per heavy atom. The number of aromatic nitrogens is 1. The third kappa shape index (κ3) is 1.92. The van der Waals surface area contributed by atoms with Gasteiger partial charge in [0.25, 0.3) is 0 Å². The summed E-state index contributed by atoms with van der Waals surface area (Å²) in [6.45, 7) is 0. The van der Waals surface area contributed by atoms with E-state index in [1.54, 1.807) is 0 Å². The molecule has 22 heavy (non-hydrogen) atoms. The predicted molar refractivity (Wildman–Crippen MR) is 89.4 cm³/mol. The summed E-state index contributed by atoms with van der Waals surface area (Å²) < 4.78 is 0. The van der Waals surface area contributed by atoms with Gasteiger partial charge in [-0.15, -0.1) is 0 Å². The molecule has 0 spiro atoms. The average Bonchev–Trinajstić information content (AvgIpc) is 2.61. The van der Waals surface area contributed by atoms with Crippen LogP contribution < -0.4 is 0 Å². The molecule has 0 bridgehead atoms. The second-order valence-electron chi connectivity index (χ2n) is 5.23. The van der Waals surface area contributed by atoms with Gasteiger partial charge in [-0.25, -0.2) is 0 Å². The number of pyridine rings is 1. The fourth-order valence-corrected chi connectivity index (χ4v) is 2.88. The van der Waals surface area contributed by atoms with Crippen molar-refractivity contribution in [2.24, 2.45) is 0 Å². The number of nitriles is 1. The van der Waals surface area contributed by atoms with Crippen molar-refractivity contribution in [3.8, 4) is 17.2 Å². The summed E-state index contributed by atoms with van der Waals surface area (Å²) in [5.41, 5.74) is 3.93. The molecule has 3 aromatic carbocycles. The van der Waals surface area contributed by atoms with Crippen molar-refractivity contribution in [1.29, 1.82) is 5.26 Å². The molecule has 4 aromatic rings. The van der Waals surface area contributed by atoms with E-state index >= 15 is 0 Å². The summed E-state index contributed by atoms with van der Waals surface area (Å²) >= 11 is 0. The quantitative estimate of drug-likeness (QED) is 0.464. The second-order valence-corrected chi connectivity index (χ2v) is 5.23. The number of nitrogens with zero attached hydrogens (tertiary/aromatic N) is 2. The van der Waals surface area contributed by atoms with Crippen LogP contribution in [-0.2, 0) is 0 Å². The summed E-state index contributed by atoms with van der Waals surface area (Å²) in [5.74, 6) is 0. The summed E-state index contributed by atoms with van der Waals surface area (Å²) in [7, 11) is 0. The molecule has 0 saturated carbocycles. The van der Waals surface area contributed by atoms with Crippen molar-refractivity contribution in [1.82, 2.24) is 4.98 Å². The summed E-state index contributed by atoms with van der Waals surface area (Å²) in [6.07, 6.45) is 1.83. The maximum atomic E-state index is 8.95. The van der Waals surface area contributed by atoms with Crippen LogP contribution in [0.25, 0.3) is 32.8 Å². The van der Waals surface area contributed by atoms with Gasteiger partial charge in [-0.1, -0.05) is 48.5 Å². The fourth-order valence-electron chi connectivity index (χ4n) is 2.88. The molecule has 4 rings (SSSR count). The van der Waals surface area contributed by atoms with Crippen LogP contribution in [0.5, 0.6) is 0 Å². The topological polar surface area (TPSA) is 36.7 Å². The molecule has 0 radical (unpaired) electrons. The van der Waals surface area contributed by atoms with E-state index < -0.39 is 0 Å². The van der Waals surface area contributed by atoms with Crippen LogP contribution in [0, 0.1) is 11.3 Å². The van der Waals surface area contributed by atoms with Crippen LogP contribution in [0.1, 0.15) is 5.56 Å². The highest BCUT2D eigenvalue weighted by Gasteiger charge is 2.08. The van der Waals surface area contributed by atoms with Crippen molar-refractivity contribution in [2.45, 2.75) is 0 Å². The molecule has 0 atom stereocenters. The van der Waals surface area contributed by atoms with Gasteiger partial charge in [-0.05, 0) is 34.7 Å². The van der Waals surface area contributed by atoms with Gasteiger partial charge < -0.3 is 0 Å².